The third kappa shape index (κ3) is 35.0. The van der Waals surface area contributed by atoms with Crippen molar-refractivity contribution in [2.75, 3.05) is 40.6 Å². The first-order valence-corrected chi connectivity index (χ1v) is 41.6. The van der Waals surface area contributed by atoms with E-state index in [0.717, 1.165) is 56.0 Å². The molecule has 0 radical (unpaired) electrons. The van der Waals surface area contributed by atoms with Gasteiger partial charge in [0.1, 0.15) is 62.3 Å². The second kappa shape index (κ2) is 54.2. The van der Waals surface area contributed by atoms with Gasteiger partial charge in [0.05, 0.1) is 91.5 Å². The molecule has 682 valence electrons. The second-order valence-electron chi connectivity index (χ2n) is 29.4. The van der Waals surface area contributed by atoms with E-state index < -0.39 is 131 Å². The smallest absolute Gasteiger partial charge is 0.335 e. The van der Waals surface area contributed by atoms with Gasteiger partial charge in [-0.25, -0.2) is 9.59 Å². The highest BCUT2D eigenvalue weighted by molar-refractivity contribution is 6.76. The predicted octanol–water partition coefficient (Wildman–Crippen LogP) is 13.0. The van der Waals surface area contributed by atoms with Crippen molar-refractivity contribution >= 4 is 76.5 Å². The fourth-order valence-electron chi connectivity index (χ4n) is 13.6. The molecule has 8 aromatic rings. The maximum atomic E-state index is 12.6. The van der Waals surface area contributed by atoms with Crippen LogP contribution in [0.4, 0.5) is 0 Å². The zero-order valence-electron chi connectivity index (χ0n) is 71.4. The molecule has 0 bridgehead atoms. The molecule has 32 heteroatoms. The first kappa shape index (κ1) is 103. The zero-order chi connectivity index (χ0) is 88.8. The summed E-state index contributed by atoms with van der Waals surface area (Å²) >= 11 is 17.5. The van der Waals surface area contributed by atoms with Gasteiger partial charge in [0, 0.05) is 52.4 Å². The molecule has 0 aromatic heterocycles. The van der Waals surface area contributed by atoms with Crippen molar-refractivity contribution in [2.45, 2.75) is 197 Å². The van der Waals surface area contributed by atoms with Crippen LogP contribution in [0.25, 0.3) is 0 Å². The number of carbonyl (C=O) groups is 6. The molecule has 6 N–H and O–H groups in total. The van der Waals surface area contributed by atoms with E-state index in [0.29, 0.717) is 39.3 Å². The molecule has 4 aliphatic rings. The highest BCUT2D eigenvalue weighted by Gasteiger charge is 2.48. The average Bonchev–Trinajstić information content (AvgIpc) is 0.821. The molecule has 126 heavy (non-hydrogen) atoms. The summed E-state index contributed by atoms with van der Waals surface area (Å²) in [5.74, 6) is -2.42. The van der Waals surface area contributed by atoms with E-state index in [4.69, 9.17) is 130 Å². The summed E-state index contributed by atoms with van der Waals surface area (Å²) in [5, 5.41) is 18.6. The SMILES string of the molecule is CC(=O)OC1COC(C(=O)OCc2ccccc2)[C@@H](C)[C@H]1OCc1ccccc1.CC(=O)OC1COC(C(=O)OCc2ccccc2)[C@@H](C)[C@H]1OCc1ccccc1.COc1ccc(COC2C(O)OC(COC(C)=O)C[C@H]2OCc2ccccc2)cc1.COc1ccc(COC2C(OC(=N)C(Cl)(Cl)Cl)OC(COC(C)=O)C[C@H]2OCc2ccccc2)cc1.O.O. The van der Waals surface area contributed by atoms with Gasteiger partial charge in [-0.3, -0.25) is 24.6 Å². The summed E-state index contributed by atoms with van der Waals surface area (Å²) in [6.45, 7) is 11.4. The number of aliphatic hydroxyl groups excluding tert-OH is 1. The molecule has 0 aliphatic carbocycles. The first-order valence-electron chi connectivity index (χ1n) is 40.5. The molecule has 0 saturated carbocycles. The molecule has 4 fully saturated rings. The lowest BCUT2D eigenvalue weighted by Crippen LogP contribution is -2.54. The molecule has 12 rings (SSSR count). The van der Waals surface area contributed by atoms with Gasteiger partial charge in [-0.15, -0.1) is 0 Å². The molecular weight excluding hydrogens is 1700 g/mol. The maximum Gasteiger partial charge on any atom is 0.335 e. The summed E-state index contributed by atoms with van der Waals surface area (Å²) in [5.41, 5.74) is 7.58. The molecule has 16 atom stereocenters. The van der Waals surface area contributed by atoms with Crippen LogP contribution < -0.4 is 9.47 Å². The Kier molecular flexibility index (Phi) is 44.4. The van der Waals surface area contributed by atoms with Crippen molar-refractivity contribution in [1.82, 2.24) is 0 Å². The van der Waals surface area contributed by atoms with Gasteiger partial charge in [-0.1, -0.05) is 255 Å². The van der Waals surface area contributed by atoms with E-state index in [2.05, 4.69) is 0 Å². The zero-order valence-corrected chi connectivity index (χ0v) is 73.6. The highest BCUT2D eigenvalue weighted by Crippen LogP contribution is 2.36. The Hall–Kier alpha value is -10.0. The van der Waals surface area contributed by atoms with E-state index in [9.17, 15) is 33.9 Å². The fourth-order valence-corrected chi connectivity index (χ4v) is 13.7. The van der Waals surface area contributed by atoms with Crippen molar-refractivity contribution in [3.05, 3.63) is 275 Å². The van der Waals surface area contributed by atoms with Gasteiger partial charge in [-0.2, -0.15) is 0 Å². The normalized spacial score (nSPS) is 23.0. The van der Waals surface area contributed by atoms with Gasteiger partial charge in [0.25, 0.3) is 3.79 Å². The summed E-state index contributed by atoms with van der Waals surface area (Å²) in [6, 6.07) is 72.6. The number of hydrogen-bond donors (Lipinski definition) is 2. The van der Waals surface area contributed by atoms with E-state index in [-0.39, 0.29) is 75.6 Å². The molecule has 4 aliphatic heterocycles. The molecule has 4 saturated heterocycles. The number of alkyl halides is 3. The molecule has 10 unspecified atom stereocenters. The standard InChI is InChI=1S/C25H28Cl3NO7.C23H28O7.2C23H26O6.2H2O/c1-16(30)32-15-20-12-21(33-13-17-6-4-3-5-7-17)22(23(35-20)36-24(29)25(26,27)28)34-14-18-8-10-19(31-2)11-9-18;1-16(24)27-15-20-12-21(28-13-17-6-4-3-5-7-17)22(23(25)30-20)29-14-18-8-10-19(26-2)11-9-18;2*1-16-21(26-13-18-9-5-3-6-10-18)20(29-17(2)24)15-27-22(16)23(25)28-14-19-11-7-4-8-12-19;;/h3-11,20-23,29H,12-15H2,1-2H3;3-11,20-23,25H,12-15H2,1-2H3;2*3-12,16,20-22H,13-15H2,1-2H3;2*1H2/t2*20?,21-,22?,23?;2*16-,20?,21+,22?;;/m1100../s1. The van der Waals surface area contributed by atoms with Crippen LogP contribution in [0.1, 0.15) is 98.9 Å². The van der Waals surface area contributed by atoms with Crippen LogP contribution in [0, 0.1) is 17.2 Å². The van der Waals surface area contributed by atoms with Gasteiger partial charge in [0.15, 0.2) is 30.7 Å². The molecule has 4 heterocycles. The van der Waals surface area contributed by atoms with E-state index >= 15 is 0 Å². The van der Waals surface area contributed by atoms with E-state index in [1.165, 1.54) is 27.7 Å². The Morgan fingerprint density at radius 3 is 0.984 bits per heavy atom. The van der Waals surface area contributed by atoms with Crippen LogP contribution in [-0.2, 0) is 162 Å². The molecule has 0 amide bonds. The van der Waals surface area contributed by atoms with Crippen LogP contribution in [0.15, 0.2) is 231 Å². The number of nitrogens with one attached hydrogen (secondary N) is 1. The van der Waals surface area contributed by atoms with Gasteiger partial charge in [-0.05, 0) is 68.8 Å². The van der Waals surface area contributed by atoms with Crippen LogP contribution in [0.3, 0.4) is 0 Å². The molecule has 29 nitrogen and oxygen atoms in total. The number of halogens is 3. The van der Waals surface area contributed by atoms with Crippen LogP contribution >= 0.6 is 34.8 Å². The van der Waals surface area contributed by atoms with Crippen molar-refractivity contribution in [3.8, 4) is 11.5 Å². The summed E-state index contributed by atoms with van der Waals surface area (Å²) in [6.07, 6.45) is -8.79. The topological polar surface area (TPSA) is 385 Å². The van der Waals surface area contributed by atoms with Gasteiger partial charge < -0.3 is 106 Å². The number of benzene rings is 8. The monoisotopic (exact) mass is 1810 g/mol. The van der Waals surface area contributed by atoms with Crippen molar-refractivity contribution < 1.29 is 135 Å². The quantitative estimate of drug-likeness (QED) is 0.0127. The lowest BCUT2D eigenvalue weighted by molar-refractivity contribution is -0.276. The Morgan fingerprint density at radius 1 is 0.373 bits per heavy atom. The number of hydrogen-bond acceptors (Lipinski definition) is 27. The van der Waals surface area contributed by atoms with Crippen molar-refractivity contribution in [3.63, 3.8) is 0 Å². The third-order valence-corrected chi connectivity index (χ3v) is 20.4. The van der Waals surface area contributed by atoms with Gasteiger partial charge >= 0.3 is 35.8 Å². The maximum absolute atomic E-state index is 12.6. The van der Waals surface area contributed by atoms with Crippen LogP contribution in [0.2, 0.25) is 0 Å². The lowest BCUT2D eigenvalue weighted by Gasteiger charge is -2.41. The minimum Gasteiger partial charge on any atom is -0.497 e. The Morgan fingerprint density at radius 2 is 0.667 bits per heavy atom. The Bertz CT molecular complexity index is 4360. The number of ether oxygens (including phenoxy) is 19. The first-order chi connectivity index (χ1) is 59.8. The van der Waals surface area contributed by atoms with Crippen LogP contribution in [-0.4, -0.2) is 188 Å². The Balaban J connectivity index is 0.000000230. The number of aliphatic hydroxyl groups is 1. The Labute approximate surface area is 748 Å². The molecule has 8 aromatic carbocycles. The third-order valence-electron chi connectivity index (χ3n) is 19.9. The second-order valence-corrected chi connectivity index (χ2v) is 31.7. The van der Waals surface area contributed by atoms with Gasteiger partial charge in [0.2, 0.25) is 12.2 Å². The van der Waals surface area contributed by atoms with Crippen LogP contribution in [0.5, 0.6) is 11.5 Å². The average molecular weight is 1810 g/mol. The minimum atomic E-state index is -2.10. The highest BCUT2D eigenvalue weighted by atomic mass is 35.6. The largest absolute Gasteiger partial charge is 0.497 e. The van der Waals surface area contributed by atoms with E-state index in [1.54, 1.807) is 14.2 Å². The summed E-state index contributed by atoms with van der Waals surface area (Å²) in [7, 11) is 3.20. The number of esters is 6. The van der Waals surface area contributed by atoms with Crippen molar-refractivity contribution in [1.29, 1.82) is 5.41 Å². The lowest BCUT2D eigenvalue weighted by atomic mass is 9.91. The number of rotatable bonds is 33. The number of carbonyl (C=O) groups excluding carboxylic acids is 6. The van der Waals surface area contributed by atoms with Crippen molar-refractivity contribution in [2.24, 2.45) is 11.8 Å². The van der Waals surface area contributed by atoms with E-state index in [1.807, 2.05) is 244 Å². The molecule has 0 spiro atoms. The molecular formula is C94H112Cl3NO28. The summed E-state index contributed by atoms with van der Waals surface area (Å²) < 4.78 is 105. The fraction of sp³-hybridized carbons (Fsp3) is 0.415. The predicted molar refractivity (Wildman–Crippen MR) is 463 cm³/mol. The summed E-state index contributed by atoms with van der Waals surface area (Å²) in [4.78, 5) is 70.7. The number of methoxy groups -OCH3 is 2. The minimum absolute atomic E-state index is 0.